The van der Waals surface area contributed by atoms with E-state index in [4.69, 9.17) is 25.9 Å². The molecule has 0 fully saturated rings. The summed E-state index contributed by atoms with van der Waals surface area (Å²) >= 11 is 5.92. The Bertz CT molecular complexity index is 621. The smallest absolute Gasteiger partial charge is 0.362 e. The number of nitrogens with zero attached hydrogens (tertiary/aromatic N) is 1. The minimum atomic E-state index is -1.20. The fourth-order valence-electron chi connectivity index (χ4n) is 1.61. The largest absolute Gasteiger partial charge is 0.476 e. The molecule has 6 heteroatoms. The zero-order chi connectivity index (χ0) is 14.0. The van der Waals surface area contributed by atoms with E-state index in [9.17, 15) is 4.79 Å². The molecule has 0 aliphatic rings. The monoisotopic (exact) mass is 281 g/mol. The van der Waals surface area contributed by atoms with Gasteiger partial charge < -0.3 is 14.3 Å². The molecule has 0 aliphatic heterocycles. The first kappa shape index (κ1) is 13.4. The number of hydrogen-bond donors (Lipinski definition) is 1. The minimum Gasteiger partial charge on any atom is -0.476 e. The summed E-state index contributed by atoms with van der Waals surface area (Å²) < 4.78 is 10.5. The van der Waals surface area contributed by atoms with Crippen molar-refractivity contribution in [2.75, 3.05) is 6.61 Å². The highest BCUT2D eigenvalue weighted by Crippen LogP contribution is 2.31. The number of hydrogen-bond acceptors (Lipinski definition) is 4. The Morgan fingerprint density at radius 3 is 2.89 bits per heavy atom. The molecule has 1 aromatic carbocycles. The summed E-state index contributed by atoms with van der Waals surface area (Å²) in [6.07, 6.45) is 0. The van der Waals surface area contributed by atoms with Gasteiger partial charge in [-0.15, -0.1) is 0 Å². The summed E-state index contributed by atoms with van der Waals surface area (Å²) in [4.78, 5) is 15.0. The summed E-state index contributed by atoms with van der Waals surface area (Å²) in [7, 11) is 0. The molecule has 0 amide bonds. The van der Waals surface area contributed by atoms with Gasteiger partial charge in [0, 0.05) is 10.6 Å². The zero-order valence-electron chi connectivity index (χ0n) is 10.4. The lowest BCUT2D eigenvalue weighted by Crippen LogP contribution is -2.01. The maximum Gasteiger partial charge on any atom is 0.362 e. The van der Waals surface area contributed by atoms with Crippen LogP contribution in [0.15, 0.2) is 22.6 Å². The highest BCUT2D eigenvalue weighted by molar-refractivity contribution is 6.30. The maximum atomic E-state index is 11.1. The van der Waals surface area contributed by atoms with Gasteiger partial charge in [-0.1, -0.05) is 17.7 Å². The van der Waals surface area contributed by atoms with Crippen LogP contribution in [-0.2, 0) is 0 Å². The predicted octanol–water partition coefficient (Wildman–Crippen LogP) is 3.40. The molecule has 5 nitrogen and oxygen atoms in total. The Hall–Kier alpha value is -2.01. The Morgan fingerprint density at radius 1 is 1.53 bits per heavy atom. The van der Waals surface area contributed by atoms with Crippen molar-refractivity contribution in [2.24, 2.45) is 0 Å². The lowest BCUT2D eigenvalue weighted by molar-refractivity contribution is 0.0683. The van der Waals surface area contributed by atoms with E-state index in [-0.39, 0.29) is 17.5 Å². The van der Waals surface area contributed by atoms with Crippen molar-refractivity contribution in [3.63, 3.8) is 0 Å². The Kier molecular flexibility index (Phi) is 3.76. The standard InChI is InChI=1S/C13H12ClNO4/c1-3-18-13-10(12(16)17)15-11(19-13)9-6-8(14)5-4-7(9)2/h4-6H,3H2,1-2H3,(H,16,17). The SMILES string of the molecule is CCOc1oc(-c2cc(Cl)ccc2C)nc1C(=O)O. The number of oxazole rings is 1. The summed E-state index contributed by atoms with van der Waals surface area (Å²) in [5, 5.41) is 9.57. The number of aryl methyl sites for hydroxylation is 1. The van der Waals surface area contributed by atoms with E-state index in [1.54, 1.807) is 19.1 Å². The molecule has 0 saturated heterocycles. The van der Waals surface area contributed by atoms with Crippen molar-refractivity contribution in [3.8, 4) is 17.4 Å². The summed E-state index contributed by atoms with van der Waals surface area (Å²) in [6.45, 7) is 3.89. The Balaban J connectivity index is 2.53. The Labute approximate surface area is 114 Å². The van der Waals surface area contributed by atoms with Gasteiger partial charge in [0.25, 0.3) is 0 Å². The summed E-state index contributed by atoms with van der Waals surface area (Å²) in [5.41, 5.74) is 1.28. The van der Waals surface area contributed by atoms with Crippen LogP contribution in [0.2, 0.25) is 5.02 Å². The first-order chi connectivity index (χ1) is 9.02. The van der Waals surface area contributed by atoms with E-state index >= 15 is 0 Å². The molecule has 0 saturated carbocycles. The predicted molar refractivity (Wildman–Crippen MR) is 69.8 cm³/mol. The van der Waals surface area contributed by atoms with Crippen molar-refractivity contribution < 1.29 is 19.1 Å². The van der Waals surface area contributed by atoms with Crippen LogP contribution in [0.4, 0.5) is 0 Å². The second-order valence-corrected chi connectivity index (χ2v) is 4.29. The van der Waals surface area contributed by atoms with Crippen LogP contribution in [-0.4, -0.2) is 22.7 Å². The number of rotatable bonds is 4. The molecular weight excluding hydrogens is 270 g/mol. The van der Waals surface area contributed by atoms with Gasteiger partial charge in [0.2, 0.25) is 11.6 Å². The van der Waals surface area contributed by atoms with Crippen LogP contribution in [0.25, 0.3) is 11.5 Å². The zero-order valence-corrected chi connectivity index (χ0v) is 11.2. The van der Waals surface area contributed by atoms with Gasteiger partial charge in [-0.2, -0.15) is 4.98 Å². The van der Waals surface area contributed by atoms with Crippen LogP contribution in [0.3, 0.4) is 0 Å². The van der Waals surface area contributed by atoms with E-state index in [0.717, 1.165) is 5.56 Å². The van der Waals surface area contributed by atoms with E-state index in [1.807, 2.05) is 13.0 Å². The lowest BCUT2D eigenvalue weighted by Gasteiger charge is -2.01. The number of ether oxygens (including phenoxy) is 1. The molecule has 0 aliphatic carbocycles. The molecule has 0 bridgehead atoms. The van der Waals surface area contributed by atoms with Crippen molar-refractivity contribution in [1.82, 2.24) is 4.98 Å². The molecule has 2 rings (SSSR count). The second-order valence-electron chi connectivity index (χ2n) is 3.85. The van der Waals surface area contributed by atoms with Gasteiger partial charge in [0.05, 0.1) is 6.61 Å². The summed E-state index contributed by atoms with van der Waals surface area (Å²) in [5.74, 6) is -1.11. The van der Waals surface area contributed by atoms with Crippen molar-refractivity contribution in [2.45, 2.75) is 13.8 Å². The highest BCUT2D eigenvalue weighted by Gasteiger charge is 2.22. The third-order valence-electron chi connectivity index (χ3n) is 2.50. The van der Waals surface area contributed by atoms with Crippen LogP contribution >= 0.6 is 11.6 Å². The van der Waals surface area contributed by atoms with E-state index < -0.39 is 5.97 Å². The topological polar surface area (TPSA) is 72.6 Å². The fraction of sp³-hybridized carbons (Fsp3) is 0.231. The first-order valence-corrected chi connectivity index (χ1v) is 6.04. The van der Waals surface area contributed by atoms with E-state index in [2.05, 4.69) is 4.98 Å². The van der Waals surface area contributed by atoms with Crippen molar-refractivity contribution in [3.05, 3.63) is 34.5 Å². The average molecular weight is 282 g/mol. The lowest BCUT2D eigenvalue weighted by atomic mass is 10.1. The third-order valence-corrected chi connectivity index (χ3v) is 2.74. The van der Waals surface area contributed by atoms with Crippen LogP contribution in [0, 0.1) is 6.92 Å². The molecule has 0 radical (unpaired) electrons. The molecule has 100 valence electrons. The van der Waals surface area contributed by atoms with Crippen LogP contribution in [0.1, 0.15) is 23.0 Å². The molecule has 2 aromatic rings. The number of aromatic carboxylic acids is 1. The number of carboxylic acid groups (broad SMARTS) is 1. The molecule has 1 N–H and O–H groups in total. The van der Waals surface area contributed by atoms with Gasteiger partial charge in [-0.3, -0.25) is 0 Å². The number of carbonyl (C=O) groups is 1. The van der Waals surface area contributed by atoms with Crippen LogP contribution in [0.5, 0.6) is 5.95 Å². The Morgan fingerprint density at radius 2 is 2.26 bits per heavy atom. The van der Waals surface area contributed by atoms with E-state index in [0.29, 0.717) is 17.2 Å². The molecule has 1 heterocycles. The quantitative estimate of drug-likeness (QED) is 0.930. The first-order valence-electron chi connectivity index (χ1n) is 5.66. The highest BCUT2D eigenvalue weighted by atomic mass is 35.5. The number of halogens is 1. The molecule has 0 atom stereocenters. The molecule has 0 spiro atoms. The molecule has 0 unspecified atom stereocenters. The van der Waals surface area contributed by atoms with Gasteiger partial charge in [0.1, 0.15) is 0 Å². The second kappa shape index (κ2) is 5.32. The minimum absolute atomic E-state index is 0.0932. The normalized spacial score (nSPS) is 10.5. The number of carboxylic acids is 1. The fourth-order valence-corrected chi connectivity index (χ4v) is 1.78. The molecule has 19 heavy (non-hydrogen) atoms. The average Bonchev–Trinajstić information content (AvgIpc) is 2.77. The number of benzene rings is 1. The van der Waals surface area contributed by atoms with Gasteiger partial charge in [0.15, 0.2) is 0 Å². The van der Waals surface area contributed by atoms with Crippen molar-refractivity contribution >= 4 is 17.6 Å². The van der Waals surface area contributed by atoms with Gasteiger partial charge >= 0.3 is 11.9 Å². The summed E-state index contributed by atoms with van der Waals surface area (Å²) in [6, 6.07) is 5.22. The molecule has 1 aromatic heterocycles. The van der Waals surface area contributed by atoms with Gasteiger partial charge in [-0.25, -0.2) is 4.79 Å². The third kappa shape index (κ3) is 2.71. The maximum absolute atomic E-state index is 11.1. The van der Waals surface area contributed by atoms with Crippen molar-refractivity contribution in [1.29, 1.82) is 0 Å². The van der Waals surface area contributed by atoms with Crippen LogP contribution < -0.4 is 4.74 Å². The van der Waals surface area contributed by atoms with Gasteiger partial charge in [-0.05, 0) is 31.5 Å². The molecular formula is C13H12ClNO4. The van der Waals surface area contributed by atoms with E-state index in [1.165, 1.54) is 0 Å². The number of aromatic nitrogens is 1.